The maximum atomic E-state index is 12.4. The molecule has 1 aromatic carbocycles. The van der Waals surface area contributed by atoms with Gasteiger partial charge in [0.25, 0.3) is 0 Å². The molecule has 0 atom stereocenters. The van der Waals surface area contributed by atoms with Crippen molar-refractivity contribution in [3.63, 3.8) is 0 Å². The van der Waals surface area contributed by atoms with Gasteiger partial charge in [0.2, 0.25) is 0 Å². The Morgan fingerprint density at radius 1 is 1.10 bits per heavy atom. The van der Waals surface area contributed by atoms with Crippen LogP contribution in [0, 0.1) is 0 Å². The molecule has 20 heavy (non-hydrogen) atoms. The number of benzene rings is 1. The van der Waals surface area contributed by atoms with E-state index in [1.165, 1.54) is 18.4 Å². The van der Waals surface area contributed by atoms with Crippen LogP contribution in [-0.2, 0) is 6.42 Å². The molecule has 0 radical (unpaired) electrons. The zero-order valence-electron chi connectivity index (χ0n) is 12.0. The first-order valence-corrected chi connectivity index (χ1v) is 7.76. The van der Waals surface area contributed by atoms with Crippen LogP contribution in [-0.4, -0.2) is 30.6 Å². The van der Waals surface area contributed by atoms with E-state index in [1.807, 2.05) is 17.0 Å². The highest BCUT2D eigenvalue weighted by Gasteiger charge is 2.18. The Morgan fingerprint density at radius 3 is 2.70 bits per heavy atom. The van der Waals surface area contributed by atoms with Crippen molar-refractivity contribution in [1.29, 1.82) is 0 Å². The Morgan fingerprint density at radius 2 is 1.90 bits per heavy atom. The van der Waals surface area contributed by atoms with Crippen molar-refractivity contribution in [2.24, 2.45) is 0 Å². The molecule has 4 nitrogen and oxygen atoms in total. The molecule has 0 bridgehead atoms. The quantitative estimate of drug-likeness (QED) is 0.823. The number of likely N-dealkylation sites (tertiary alicyclic amines) is 1. The Hall–Kier alpha value is -1.71. The molecular formula is C16H23N3O. The van der Waals surface area contributed by atoms with Gasteiger partial charge in [-0.3, -0.25) is 0 Å². The molecule has 1 fully saturated rings. The average molecular weight is 273 g/mol. The van der Waals surface area contributed by atoms with Crippen LogP contribution in [0.3, 0.4) is 0 Å². The summed E-state index contributed by atoms with van der Waals surface area (Å²) in [4.78, 5) is 14.3. The molecule has 2 heterocycles. The molecule has 3 rings (SSSR count). The van der Waals surface area contributed by atoms with Crippen LogP contribution < -0.4 is 10.6 Å². The summed E-state index contributed by atoms with van der Waals surface area (Å²) >= 11 is 0. The summed E-state index contributed by atoms with van der Waals surface area (Å²) in [5.41, 5.74) is 3.35. The summed E-state index contributed by atoms with van der Waals surface area (Å²) in [6, 6.07) is 6.22. The Balaban J connectivity index is 1.72. The summed E-state index contributed by atoms with van der Waals surface area (Å²) in [6.45, 7) is 2.76. The zero-order chi connectivity index (χ0) is 13.8. The number of rotatable bonds is 1. The molecule has 0 saturated carbocycles. The van der Waals surface area contributed by atoms with Crippen LogP contribution >= 0.6 is 0 Å². The predicted molar refractivity (Wildman–Crippen MR) is 82.3 cm³/mol. The second-order valence-corrected chi connectivity index (χ2v) is 5.70. The molecule has 2 aliphatic heterocycles. The monoisotopic (exact) mass is 273 g/mol. The largest absolute Gasteiger partial charge is 0.383 e. The molecule has 1 aromatic rings. The van der Waals surface area contributed by atoms with Crippen molar-refractivity contribution < 1.29 is 4.79 Å². The minimum atomic E-state index is 0.0488. The molecule has 2 aliphatic rings. The lowest BCUT2D eigenvalue weighted by Crippen LogP contribution is -2.35. The number of amides is 2. The standard InChI is InChI=1S/C16H23N3O/c20-16(19-11-3-1-2-4-12-19)18-14-9-5-7-13-8-6-10-17-15(13)14/h5,7,9,17H,1-4,6,8,10-12H2,(H,18,20). The number of nitrogens with one attached hydrogen (secondary N) is 2. The fourth-order valence-electron chi connectivity index (χ4n) is 3.08. The van der Waals surface area contributed by atoms with Gasteiger partial charge in [-0.2, -0.15) is 0 Å². The highest BCUT2D eigenvalue weighted by Crippen LogP contribution is 2.30. The fraction of sp³-hybridized carbons (Fsp3) is 0.562. The van der Waals surface area contributed by atoms with Crippen LogP contribution in [0.4, 0.5) is 16.2 Å². The SMILES string of the molecule is O=C(Nc1cccc2c1NCCC2)N1CCCCCC1. The lowest BCUT2D eigenvalue weighted by molar-refractivity contribution is 0.214. The van der Waals surface area contributed by atoms with Crippen LogP contribution in [0.25, 0.3) is 0 Å². The van der Waals surface area contributed by atoms with E-state index in [4.69, 9.17) is 0 Å². The Kier molecular flexibility index (Phi) is 4.09. The van der Waals surface area contributed by atoms with E-state index in [0.29, 0.717) is 0 Å². The Labute approximate surface area is 120 Å². The number of carbonyl (C=O) groups is 1. The smallest absolute Gasteiger partial charge is 0.321 e. The summed E-state index contributed by atoms with van der Waals surface area (Å²) in [6.07, 6.45) is 6.99. The van der Waals surface area contributed by atoms with Crippen molar-refractivity contribution in [1.82, 2.24) is 4.90 Å². The van der Waals surface area contributed by atoms with Gasteiger partial charge >= 0.3 is 6.03 Å². The first-order chi connectivity index (χ1) is 9.84. The van der Waals surface area contributed by atoms with Gasteiger partial charge in [-0.1, -0.05) is 25.0 Å². The van der Waals surface area contributed by atoms with Gasteiger partial charge in [0.05, 0.1) is 11.4 Å². The third kappa shape index (κ3) is 2.89. The summed E-state index contributed by atoms with van der Waals surface area (Å²) in [7, 11) is 0. The molecule has 2 amide bonds. The lowest BCUT2D eigenvalue weighted by atomic mass is 10.0. The van der Waals surface area contributed by atoms with E-state index in [9.17, 15) is 4.79 Å². The van der Waals surface area contributed by atoms with E-state index < -0.39 is 0 Å². The number of nitrogens with zero attached hydrogens (tertiary/aromatic N) is 1. The molecule has 2 N–H and O–H groups in total. The van der Waals surface area contributed by atoms with E-state index >= 15 is 0 Å². The summed E-state index contributed by atoms with van der Waals surface area (Å²) in [5, 5.41) is 6.51. The van der Waals surface area contributed by atoms with Gasteiger partial charge in [-0.05, 0) is 37.3 Å². The first kappa shape index (κ1) is 13.3. The number of fused-ring (bicyclic) bond motifs is 1. The lowest BCUT2D eigenvalue weighted by Gasteiger charge is -2.24. The molecule has 0 spiro atoms. The molecule has 0 aliphatic carbocycles. The minimum absolute atomic E-state index is 0.0488. The second-order valence-electron chi connectivity index (χ2n) is 5.70. The summed E-state index contributed by atoms with van der Waals surface area (Å²) in [5.74, 6) is 0. The fourth-order valence-corrected chi connectivity index (χ4v) is 3.08. The molecule has 0 aromatic heterocycles. The Bertz CT molecular complexity index is 479. The van der Waals surface area contributed by atoms with Crippen LogP contribution in [0.5, 0.6) is 0 Å². The van der Waals surface area contributed by atoms with Gasteiger partial charge in [0.1, 0.15) is 0 Å². The van der Waals surface area contributed by atoms with E-state index in [-0.39, 0.29) is 6.03 Å². The zero-order valence-corrected chi connectivity index (χ0v) is 12.0. The van der Waals surface area contributed by atoms with Crippen LogP contribution in [0.1, 0.15) is 37.7 Å². The molecule has 4 heteroatoms. The number of carbonyl (C=O) groups excluding carboxylic acids is 1. The highest BCUT2D eigenvalue weighted by molar-refractivity contribution is 5.93. The first-order valence-electron chi connectivity index (χ1n) is 7.76. The number of anilines is 2. The van der Waals surface area contributed by atoms with Crippen molar-refractivity contribution >= 4 is 17.4 Å². The molecular weight excluding hydrogens is 250 g/mol. The van der Waals surface area contributed by atoms with Gasteiger partial charge in [0.15, 0.2) is 0 Å². The third-order valence-electron chi connectivity index (χ3n) is 4.21. The van der Waals surface area contributed by atoms with E-state index in [2.05, 4.69) is 16.7 Å². The average Bonchev–Trinajstić information content (AvgIpc) is 2.77. The van der Waals surface area contributed by atoms with Crippen LogP contribution in [0.15, 0.2) is 18.2 Å². The number of para-hydroxylation sites is 1. The van der Waals surface area contributed by atoms with Gasteiger partial charge in [0, 0.05) is 19.6 Å². The number of hydrogen-bond donors (Lipinski definition) is 2. The molecule has 0 unspecified atom stereocenters. The number of aryl methyl sites for hydroxylation is 1. The minimum Gasteiger partial charge on any atom is -0.383 e. The maximum absolute atomic E-state index is 12.4. The number of hydrogen-bond acceptors (Lipinski definition) is 2. The predicted octanol–water partition coefficient (Wildman–Crippen LogP) is 3.45. The van der Waals surface area contributed by atoms with Gasteiger partial charge in [-0.15, -0.1) is 0 Å². The maximum Gasteiger partial charge on any atom is 0.321 e. The second kappa shape index (κ2) is 6.16. The van der Waals surface area contributed by atoms with Crippen molar-refractivity contribution in [2.45, 2.75) is 38.5 Å². The topological polar surface area (TPSA) is 44.4 Å². The summed E-state index contributed by atoms with van der Waals surface area (Å²) < 4.78 is 0. The molecule has 1 saturated heterocycles. The van der Waals surface area contributed by atoms with Gasteiger partial charge < -0.3 is 15.5 Å². The van der Waals surface area contributed by atoms with Crippen molar-refractivity contribution in [3.8, 4) is 0 Å². The van der Waals surface area contributed by atoms with Gasteiger partial charge in [-0.25, -0.2) is 4.79 Å². The van der Waals surface area contributed by atoms with Crippen molar-refractivity contribution in [3.05, 3.63) is 23.8 Å². The third-order valence-corrected chi connectivity index (χ3v) is 4.21. The van der Waals surface area contributed by atoms with E-state index in [0.717, 1.165) is 56.7 Å². The van der Waals surface area contributed by atoms with Crippen LogP contribution in [0.2, 0.25) is 0 Å². The van der Waals surface area contributed by atoms with Crippen molar-refractivity contribution in [2.75, 3.05) is 30.3 Å². The molecule has 108 valence electrons. The normalized spacial score (nSPS) is 18.7. The number of urea groups is 1. The highest BCUT2D eigenvalue weighted by atomic mass is 16.2. The van der Waals surface area contributed by atoms with E-state index in [1.54, 1.807) is 0 Å².